The first-order valence-electron chi connectivity index (χ1n) is 10.1. The zero-order chi connectivity index (χ0) is 20.9. The van der Waals surface area contributed by atoms with Gasteiger partial charge in [0, 0.05) is 19.1 Å². The largest absolute Gasteiger partial charge is 0.481 e. The number of unbranched alkanes of at least 4 members (excludes halogenated alkanes) is 1. The summed E-state index contributed by atoms with van der Waals surface area (Å²) in [5, 5.41) is 13.1. The number of nitrogens with zero attached hydrogens (tertiary/aromatic N) is 1. The van der Waals surface area contributed by atoms with Crippen LogP contribution in [0.4, 0.5) is 0 Å². The molecule has 1 aromatic heterocycles. The lowest BCUT2D eigenvalue weighted by Gasteiger charge is -2.13. The molecule has 7 nitrogen and oxygen atoms in total. The normalized spacial score (nSPS) is 12.2. The van der Waals surface area contributed by atoms with Crippen LogP contribution in [0.2, 0.25) is 0 Å². The van der Waals surface area contributed by atoms with Crippen molar-refractivity contribution >= 4 is 5.97 Å². The number of aliphatic carboxylic acids is 1. The second-order valence-corrected chi connectivity index (χ2v) is 7.23. The third-order valence-corrected chi connectivity index (χ3v) is 4.50. The summed E-state index contributed by atoms with van der Waals surface area (Å²) in [6.07, 6.45) is 2.01. The molecule has 1 aromatic carbocycles. The number of hydrogen-bond acceptors (Lipinski definition) is 6. The van der Waals surface area contributed by atoms with Crippen molar-refractivity contribution in [2.45, 2.75) is 39.7 Å². The molecule has 0 spiro atoms. The molecule has 29 heavy (non-hydrogen) atoms. The van der Waals surface area contributed by atoms with Crippen molar-refractivity contribution in [1.29, 1.82) is 0 Å². The minimum Gasteiger partial charge on any atom is -0.481 e. The standard InChI is InChI=1S/C22H31NO6/c1-17(2)20(22(24)25)14-19-15-21(23-29-19)28-11-7-6-10-26-12-13-27-16-18-8-4-3-5-9-18/h3-5,8-9,15,17,20H,6-7,10-14,16H2,1-2H3,(H,24,25). The van der Waals surface area contributed by atoms with Gasteiger partial charge in [0.15, 0.2) is 0 Å². The average Bonchev–Trinajstić information content (AvgIpc) is 3.15. The maximum absolute atomic E-state index is 11.3. The predicted molar refractivity (Wildman–Crippen MR) is 108 cm³/mol. The van der Waals surface area contributed by atoms with Crippen molar-refractivity contribution < 1.29 is 28.6 Å². The van der Waals surface area contributed by atoms with Crippen molar-refractivity contribution in [3.05, 3.63) is 47.7 Å². The van der Waals surface area contributed by atoms with Gasteiger partial charge in [-0.25, -0.2) is 0 Å². The topological polar surface area (TPSA) is 91.0 Å². The summed E-state index contributed by atoms with van der Waals surface area (Å²) >= 11 is 0. The van der Waals surface area contributed by atoms with Gasteiger partial charge in [-0.05, 0) is 29.5 Å². The average molecular weight is 405 g/mol. The van der Waals surface area contributed by atoms with Gasteiger partial charge in [-0.15, -0.1) is 0 Å². The van der Waals surface area contributed by atoms with Crippen molar-refractivity contribution in [3.63, 3.8) is 0 Å². The van der Waals surface area contributed by atoms with Gasteiger partial charge in [0.05, 0.1) is 32.3 Å². The zero-order valence-corrected chi connectivity index (χ0v) is 17.2. The summed E-state index contributed by atoms with van der Waals surface area (Å²) in [4.78, 5) is 11.3. The Morgan fingerprint density at radius 3 is 2.52 bits per heavy atom. The van der Waals surface area contributed by atoms with Crippen molar-refractivity contribution in [3.8, 4) is 5.88 Å². The van der Waals surface area contributed by atoms with Crippen LogP contribution in [-0.4, -0.2) is 42.7 Å². The highest BCUT2D eigenvalue weighted by Crippen LogP contribution is 2.20. The minimum absolute atomic E-state index is 0.0192. The predicted octanol–water partition coefficient (Wildman–Crippen LogP) is 3.97. The Labute approximate surface area is 171 Å². The smallest absolute Gasteiger partial charge is 0.307 e. The molecule has 0 aliphatic rings. The molecule has 2 rings (SSSR count). The number of aromatic nitrogens is 1. The molecule has 1 N–H and O–H groups in total. The highest BCUT2D eigenvalue weighted by atomic mass is 16.5. The van der Waals surface area contributed by atoms with Crippen LogP contribution in [0.1, 0.15) is 38.0 Å². The molecular formula is C22H31NO6. The summed E-state index contributed by atoms with van der Waals surface area (Å²) in [7, 11) is 0. The van der Waals surface area contributed by atoms with Crippen LogP contribution in [0.25, 0.3) is 0 Å². The number of carboxylic acid groups (broad SMARTS) is 1. The molecule has 0 aliphatic heterocycles. The first-order chi connectivity index (χ1) is 14.1. The fourth-order valence-corrected chi connectivity index (χ4v) is 2.75. The number of carbonyl (C=O) groups is 1. The van der Waals surface area contributed by atoms with Gasteiger partial charge >= 0.3 is 5.97 Å². The fourth-order valence-electron chi connectivity index (χ4n) is 2.75. The molecule has 0 fully saturated rings. The molecule has 0 saturated carbocycles. The van der Waals surface area contributed by atoms with Gasteiger partial charge in [0.1, 0.15) is 5.76 Å². The van der Waals surface area contributed by atoms with E-state index in [9.17, 15) is 9.90 Å². The second kappa shape index (κ2) is 13.0. The van der Waals surface area contributed by atoms with Crippen molar-refractivity contribution in [2.75, 3.05) is 26.4 Å². The van der Waals surface area contributed by atoms with E-state index in [1.807, 2.05) is 44.2 Å². The molecule has 1 atom stereocenters. The van der Waals surface area contributed by atoms with Crippen LogP contribution in [0, 0.1) is 11.8 Å². The molecule has 1 unspecified atom stereocenters. The van der Waals surface area contributed by atoms with Gasteiger partial charge < -0.3 is 23.8 Å². The molecule has 0 aliphatic carbocycles. The molecule has 0 radical (unpaired) electrons. The second-order valence-electron chi connectivity index (χ2n) is 7.23. The van der Waals surface area contributed by atoms with Crippen LogP contribution in [0.5, 0.6) is 5.88 Å². The SMILES string of the molecule is CC(C)C(Cc1cc(OCCCCOCCOCc2ccccc2)no1)C(=O)O. The van der Waals surface area contributed by atoms with Crippen LogP contribution >= 0.6 is 0 Å². The lowest BCUT2D eigenvalue weighted by atomic mass is 9.92. The van der Waals surface area contributed by atoms with E-state index in [1.165, 1.54) is 0 Å². The van der Waals surface area contributed by atoms with E-state index >= 15 is 0 Å². The maximum Gasteiger partial charge on any atom is 0.307 e. The number of carboxylic acids is 1. The van der Waals surface area contributed by atoms with Gasteiger partial charge in [0.2, 0.25) is 0 Å². The number of ether oxygens (including phenoxy) is 3. The summed E-state index contributed by atoms with van der Waals surface area (Å²) in [6, 6.07) is 11.7. The lowest BCUT2D eigenvalue weighted by molar-refractivity contribution is -0.143. The minimum atomic E-state index is -0.829. The van der Waals surface area contributed by atoms with Gasteiger partial charge in [-0.3, -0.25) is 4.79 Å². The Bertz CT molecular complexity index is 700. The molecule has 2 aromatic rings. The third kappa shape index (κ3) is 9.11. The monoisotopic (exact) mass is 405 g/mol. The number of rotatable bonds is 15. The molecule has 0 amide bonds. The Hall–Kier alpha value is -2.38. The van der Waals surface area contributed by atoms with E-state index in [1.54, 1.807) is 6.07 Å². The first kappa shape index (κ1) is 22.9. The highest BCUT2D eigenvalue weighted by molar-refractivity contribution is 5.70. The van der Waals surface area contributed by atoms with E-state index in [2.05, 4.69) is 5.16 Å². The molecule has 0 bridgehead atoms. The van der Waals surface area contributed by atoms with Crippen LogP contribution in [0.15, 0.2) is 40.9 Å². The summed E-state index contributed by atoms with van der Waals surface area (Å²) < 4.78 is 21.8. The maximum atomic E-state index is 11.3. The Morgan fingerprint density at radius 2 is 1.79 bits per heavy atom. The van der Waals surface area contributed by atoms with E-state index in [0.717, 1.165) is 18.4 Å². The van der Waals surface area contributed by atoms with Gasteiger partial charge in [0.25, 0.3) is 5.88 Å². The van der Waals surface area contributed by atoms with E-state index < -0.39 is 11.9 Å². The molecule has 1 heterocycles. The Kier molecular flexibility index (Phi) is 10.2. The first-order valence-corrected chi connectivity index (χ1v) is 10.1. The molecule has 0 saturated heterocycles. The molecule has 7 heteroatoms. The van der Waals surface area contributed by atoms with E-state index in [0.29, 0.717) is 51.1 Å². The van der Waals surface area contributed by atoms with Gasteiger partial charge in [-0.2, -0.15) is 0 Å². The van der Waals surface area contributed by atoms with Crippen LogP contribution < -0.4 is 4.74 Å². The molecular weight excluding hydrogens is 374 g/mol. The Balaban J connectivity index is 1.48. The lowest BCUT2D eigenvalue weighted by Crippen LogP contribution is -2.21. The summed E-state index contributed by atoms with van der Waals surface area (Å²) in [5.74, 6) is -0.386. The zero-order valence-electron chi connectivity index (χ0n) is 17.2. The summed E-state index contributed by atoms with van der Waals surface area (Å²) in [5.41, 5.74) is 1.16. The molecule has 160 valence electrons. The highest BCUT2D eigenvalue weighted by Gasteiger charge is 2.24. The van der Waals surface area contributed by atoms with Crippen LogP contribution in [-0.2, 0) is 27.3 Å². The van der Waals surface area contributed by atoms with Crippen LogP contribution in [0.3, 0.4) is 0 Å². The van der Waals surface area contributed by atoms with Crippen molar-refractivity contribution in [2.24, 2.45) is 11.8 Å². The van der Waals surface area contributed by atoms with E-state index in [-0.39, 0.29) is 5.92 Å². The number of benzene rings is 1. The summed E-state index contributed by atoms with van der Waals surface area (Å²) in [6.45, 7) is 6.65. The van der Waals surface area contributed by atoms with E-state index in [4.69, 9.17) is 18.7 Å². The number of hydrogen-bond donors (Lipinski definition) is 1. The Morgan fingerprint density at radius 1 is 1.07 bits per heavy atom. The van der Waals surface area contributed by atoms with Gasteiger partial charge in [-0.1, -0.05) is 44.2 Å². The third-order valence-electron chi connectivity index (χ3n) is 4.50. The fraction of sp³-hybridized carbons (Fsp3) is 0.545. The van der Waals surface area contributed by atoms with Crippen molar-refractivity contribution in [1.82, 2.24) is 5.16 Å². The quantitative estimate of drug-likeness (QED) is 0.448.